The van der Waals surface area contributed by atoms with Crippen LogP contribution < -0.4 is 5.32 Å². The van der Waals surface area contributed by atoms with Crippen molar-refractivity contribution in [2.75, 3.05) is 20.6 Å². The summed E-state index contributed by atoms with van der Waals surface area (Å²) in [6, 6.07) is 1.48. The number of nitrogens with one attached hydrogen (secondary N) is 1. The van der Waals surface area contributed by atoms with E-state index < -0.39 is 0 Å². The van der Waals surface area contributed by atoms with Gasteiger partial charge in [-0.3, -0.25) is 0 Å². The second-order valence-corrected chi connectivity index (χ2v) is 6.00. The molecule has 16 heavy (non-hydrogen) atoms. The van der Waals surface area contributed by atoms with E-state index in [9.17, 15) is 0 Å². The summed E-state index contributed by atoms with van der Waals surface area (Å²) in [4.78, 5) is 2.56. The summed E-state index contributed by atoms with van der Waals surface area (Å²) in [6.45, 7) is 8.26. The fourth-order valence-electron chi connectivity index (χ4n) is 3.05. The molecule has 0 aromatic heterocycles. The highest BCUT2D eigenvalue weighted by atomic mass is 15.1. The third kappa shape index (κ3) is 4.06. The predicted molar refractivity (Wildman–Crippen MR) is 71.7 cm³/mol. The zero-order chi connectivity index (χ0) is 12.1. The van der Waals surface area contributed by atoms with Crippen LogP contribution in [-0.2, 0) is 0 Å². The molecule has 2 nitrogen and oxygen atoms in total. The van der Waals surface area contributed by atoms with Gasteiger partial charge < -0.3 is 10.2 Å². The summed E-state index contributed by atoms with van der Waals surface area (Å²) in [5.41, 5.74) is 0. The van der Waals surface area contributed by atoms with Gasteiger partial charge >= 0.3 is 0 Å². The zero-order valence-corrected chi connectivity index (χ0v) is 11.8. The van der Waals surface area contributed by atoms with E-state index in [-0.39, 0.29) is 0 Å². The van der Waals surface area contributed by atoms with Crippen LogP contribution in [0.25, 0.3) is 0 Å². The smallest absolute Gasteiger partial charge is 0.0104 e. The van der Waals surface area contributed by atoms with Gasteiger partial charge in [0.15, 0.2) is 0 Å². The molecule has 0 heterocycles. The minimum atomic E-state index is 0.720. The Hall–Kier alpha value is -0.0800. The number of hydrogen-bond acceptors (Lipinski definition) is 2. The first-order valence-corrected chi connectivity index (χ1v) is 6.92. The molecule has 1 aliphatic rings. The first-order valence-electron chi connectivity index (χ1n) is 6.92. The molecule has 1 aliphatic carbocycles. The first-order chi connectivity index (χ1) is 7.54. The molecule has 0 radical (unpaired) electrons. The SMILES string of the molecule is CNC1CCCC1CN(C)C(C)CC(C)C. The third-order valence-electron chi connectivity index (χ3n) is 4.12. The maximum absolute atomic E-state index is 3.47. The number of nitrogens with zero attached hydrogens (tertiary/aromatic N) is 1. The van der Waals surface area contributed by atoms with Gasteiger partial charge in [0.25, 0.3) is 0 Å². The molecule has 1 fully saturated rings. The summed E-state index contributed by atoms with van der Waals surface area (Å²) in [7, 11) is 4.40. The van der Waals surface area contributed by atoms with Gasteiger partial charge in [-0.05, 0) is 52.1 Å². The highest BCUT2D eigenvalue weighted by Gasteiger charge is 2.27. The Bertz CT molecular complexity index is 191. The monoisotopic (exact) mass is 226 g/mol. The van der Waals surface area contributed by atoms with Crippen molar-refractivity contribution in [1.82, 2.24) is 10.2 Å². The average molecular weight is 226 g/mol. The largest absolute Gasteiger partial charge is 0.317 e. The molecule has 3 unspecified atom stereocenters. The van der Waals surface area contributed by atoms with Crippen molar-refractivity contribution in [2.24, 2.45) is 11.8 Å². The topological polar surface area (TPSA) is 15.3 Å². The lowest BCUT2D eigenvalue weighted by molar-refractivity contribution is 0.186. The van der Waals surface area contributed by atoms with Crippen molar-refractivity contribution < 1.29 is 0 Å². The Labute approximate surface area is 102 Å². The molecule has 0 saturated heterocycles. The number of hydrogen-bond donors (Lipinski definition) is 1. The molecule has 0 aromatic rings. The standard InChI is InChI=1S/C14H30N2/c1-11(2)9-12(3)16(5)10-13-7-6-8-14(13)15-4/h11-15H,6-10H2,1-5H3. The molecule has 0 aliphatic heterocycles. The van der Waals surface area contributed by atoms with Crippen molar-refractivity contribution in [3.8, 4) is 0 Å². The fourth-order valence-corrected chi connectivity index (χ4v) is 3.05. The Morgan fingerprint density at radius 3 is 2.50 bits per heavy atom. The van der Waals surface area contributed by atoms with Crippen molar-refractivity contribution in [3.05, 3.63) is 0 Å². The van der Waals surface area contributed by atoms with Crippen LogP contribution in [0.2, 0.25) is 0 Å². The fraction of sp³-hybridized carbons (Fsp3) is 1.00. The summed E-state index contributed by atoms with van der Waals surface area (Å²) in [5, 5.41) is 3.47. The second-order valence-electron chi connectivity index (χ2n) is 6.00. The van der Waals surface area contributed by atoms with E-state index >= 15 is 0 Å². The minimum Gasteiger partial charge on any atom is -0.317 e. The summed E-state index contributed by atoms with van der Waals surface area (Å²) in [5.74, 6) is 1.67. The van der Waals surface area contributed by atoms with Crippen LogP contribution in [0.1, 0.15) is 46.5 Å². The van der Waals surface area contributed by atoms with Crippen LogP contribution in [0.5, 0.6) is 0 Å². The maximum atomic E-state index is 3.47. The lowest BCUT2D eigenvalue weighted by Gasteiger charge is -2.30. The number of rotatable bonds is 6. The Morgan fingerprint density at radius 2 is 1.94 bits per heavy atom. The van der Waals surface area contributed by atoms with E-state index in [4.69, 9.17) is 0 Å². The maximum Gasteiger partial charge on any atom is 0.0104 e. The molecule has 0 bridgehead atoms. The van der Waals surface area contributed by atoms with Crippen LogP contribution in [0.15, 0.2) is 0 Å². The van der Waals surface area contributed by atoms with Crippen LogP contribution in [0.4, 0.5) is 0 Å². The van der Waals surface area contributed by atoms with Crippen molar-refractivity contribution in [1.29, 1.82) is 0 Å². The molecule has 96 valence electrons. The normalized spacial score (nSPS) is 27.9. The van der Waals surface area contributed by atoms with Gasteiger partial charge in [0.05, 0.1) is 0 Å². The van der Waals surface area contributed by atoms with Gasteiger partial charge in [-0.1, -0.05) is 20.3 Å². The van der Waals surface area contributed by atoms with Crippen LogP contribution in [0.3, 0.4) is 0 Å². The molecular formula is C14H30N2. The lowest BCUT2D eigenvalue weighted by atomic mass is 10.00. The Balaban J connectivity index is 2.35. The Kier molecular flexibility index (Phi) is 5.77. The second kappa shape index (κ2) is 6.61. The van der Waals surface area contributed by atoms with E-state index in [1.54, 1.807) is 0 Å². The summed E-state index contributed by atoms with van der Waals surface area (Å²) >= 11 is 0. The van der Waals surface area contributed by atoms with Crippen molar-refractivity contribution in [3.63, 3.8) is 0 Å². The van der Waals surface area contributed by atoms with Gasteiger partial charge in [-0.25, -0.2) is 0 Å². The van der Waals surface area contributed by atoms with Gasteiger partial charge in [0.2, 0.25) is 0 Å². The van der Waals surface area contributed by atoms with Gasteiger partial charge in [0.1, 0.15) is 0 Å². The third-order valence-corrected chi connectivity index (χ3v) is 4.12. The van der Waals surface area contributed by atoms with E-state index in [1.807, 2.05) is 0 Å². The lowest BCUT2D eigenvalue weighted by Crippen LogP contribution is -2.40. The van der Waals surface area contributed by atoms with Gasteiger partial charge in [0, 0.05) is 18.6 Å². The van der Waals surface area contributed by atoms with E-state index in [0.29, 0.717) is 0 Å². The van der Waals surface area contributed by atoms with E-state index in [0.717, 1.165) is 23.9 Å². The van der Waals surface area contributed by atoms with Gasteiger partial charge in [-0.15, -0.1) is 0 Å². The Morgan fingerprint density at radius 1 is 1.25 bits per heavy atom. The molecule has 1 rings (SSSR count). The van der Waals surface area contributed by atoms with Crippen molar-refractivity contribution in [2.45, 2.75) is 58.5 Å². The summed E-state index contributed by atoms with van der Waals surface area (Å²) < 4.78 is 0. The van der Waals surface area contributed by atoms with Crippen molar-refractivity contribution >= 4 is 0 Å². The molecule has 3 atom stereocenters. The minimum absolute atomic E-state index is 0.720. The molecule has 1 saturated carbocycles. The van der Waals surface area contributed by atoms with Gasteiger partial charge in [-0.2, -0.15) is 0 Å². The van der Waals surface area contributed by atoms with E-state index in [1.165, 1.54) is 32.2 Å². The van der Waals surface area contributed by atoms with Crippen LogP contribution >= 0.6 is 0 Å². The average Bonchev–Trinajstić information content (AvgIpc) is 2.64. The molecule has 0 aromatic carbocycles. The molecule has 1 N–H and O–H groups in total. The quantitative estimate of drug-likeness (QED) is 0.749. The van der Waals surface area contributed by atoms with Crippen LogP contribution in [0, 0.1) is 11.8 Å². The highest BCUT2D eigenvalue weighted by Crippen LogP contribution is 2.26. The zero-order valence-electron chi connectivity index (χ0n) is 11.8. The van der Waals surface area contributed by atoms with E-state index in [2.05, 4.69) is 45.1 Å². The van der Waals surface area contributed by atoms with Crippen LogP contribution in [-0.4, -0.2) is 37.6 Å². The predicted octanol–water partition coefficient (Wildman–Crippen LogP) is 2.74. The first kappa shape index (κ1) is 14.0. The molecular weight excluding hydrogens is 196 g/mol. The summed E-state index contributed by atoms with van der Waals surface area (Å²) in [6.07, 6.45) is 5.49. The molecule has 0 amide bonds. The molecule has 2 heteroatoms. The molecule has 0 spiro atoms. The highest BCUT2D eigenvalue weighted by molar-refractivity contribution is 4.84.